The van der Waals surface area contributed by atoms with Crippen molar-refractivity contribution in [3.63, 3.8) is 0 Å². The van der Waals surface area contributed by atoms with Gasteiger partial charge in [0.1, 0.15) is 11.6 Å². The first-order valence-corrected chi connectivity index (χ1v) is 8.44. The highest BCUT2D eigenvalue weighted by atomic mass is 15.4. The second-order valence-electron chi connectivity index (χ2n) is 6.20. The highest BCUT2D eigenvalue weighted by molar-refractivity contribution is 5.28. The van der Waals surface area contributed by atoms with E-state index >= 15 is 0 Å². The van der Waals surface area contributed by atoms with Crippen LogP contribution in [0.2, 0.25) is 0 Å². The number of aryl methyl sites for hydroxylation is 2. The van der Waals surface area contributed by atoms with Crippen LogP contribution in [0.3, 0.4) is 0 Å². The lowest BCUT2D eigenvalue weighted by atomic mass is 9.99. The second-order valence-corrected chi connectivity index (χ2v) is 6.20. The molecule has 0 saturated heterocycles. The molecule has 2 aromatic heterocycles. The number of rotatable bonds is 4. The Kier molecular flexibility index (Phi) is 4.09. The molecule has 0 saturated carbocycles. The van der Waals surface area contributed by atoms with Gasteiger partial charge in [-0.05, 0) is 37.5 Å². The van der Waals surface area contributed by atoms with E-state index < -0.39 is 0 Å². The molecule has 4 rings (SSSR count). The predicted octanol–water partition coefficient (Wildman–Crippen LogP) is 3.20. The van der Waals surface area contributed by atoms with Crippen LogP contribution >= 0.6 is 0 Å². The molecule has 1 aromatic carbocycles. The Bertz CT molecular complexity index is 758. The largest absolute Gasteiger partial charge is 0.295 e. The number of hydrogen-bond acceptors (Lipinski definition) is 4. The second kappa shape index (κ2) is 6.53. The van der Waals surface area contributed by atoms with Crippen molar-refractivity contribution in [3.05, 3.63) is 77.6 Å². The molecule has 0 fully saturated rings. The molecule has 0 amide bonds. The van der Waals surface area contributed by atoms with E-state index in [1.54, 1.807) is 0 Å². The molecule has 2 atom stereocenters. The van der Waals surface area contributed by atoms with E-state index in [1.807, 2.05) is 36.0 Å². The molecule has 1 aliphatic heterocycles. The monoisotopic (exact) mass is 319 g/mol. The first kappa shape index (κ1) is 15.0. The Morgan fingerprint density at radius 1 is 1.12 bits per heavy atom. The third kappa shape index (κ3) is 2.95. The maximum absolute atomic E-state index is 4.64. The van der Waals surface area contributed by atoms with Crippen molar-refractivity contribution in [2.45, 2.75) is 38.4 Å². The maximum atomic E-state index is 4.64. The van der Waals surface area contributed by atoms with Gasteiger partial charge in [0, 0.05) is 12.7 Å². The Hall–Kier alpha value is -2.53. The van der Waals surface area contributed by atoms with Crippen LogP contribution in [0.4, 0.5) is 0 Å². The van der Waals surface area contributed by atoms with Gasteiger partial charge in [-0.2, -0.15) is 5.10 Å². The molecule has 5 heteroatoms. The summed E-state index contributed by atoms with van der Waals surface area (Å²) in [5.74, 6) is 1.88. The van der Waals surface area contributed by atoms with Gasteiger partial charge in [-0.15, -0.1) is 0 Å². The lowest BCUT2D eigenvalue weighted by molar-refractivity contribution is 0.349. The Balaban J connectivity index is 1.68. The quantitative estimate of drug-likeness (QED) is 0.802. The molecule has 0 spiro atoms. The highest BCUT2D eigenvalue weighted by Gasteiger charge is 2.27. The topological polar surface area (TPSA) is 55.6 Å². The summed E-state index contributed by atoms with van der Waals surface area (Å²) in [4.78, 5) is 9.22. The van der Waals surface area contributed by atoms with E-state index in [2.05, 4.69) is 50.7 Å². The van der Waals surface area contributed by atoms with Gasteiger partial charge < -0.3 is 0 Å². The molecule has 1 aliphatic rings. The number of aromatic nitrogens is 4. The van der Waals surface area contributed by atoms with E-state index in [-0.39, 0.29) is 12.1 Å². The molecule has 0 unspecified atom stereocenters. The minimum absolute atomic E-state index is 0.0426. The van der Waals surface area contributed by atoms with Gasteiger partial charge in [0.05, 0.1) is 17.8 Å². The van der Waals surface area contributed by atoms with Gasteiger partial charge in [0.15, 0.2) is 0 Å². The first-order chi connectivity index (χ1) is 11.8. The molecule has 1 N–H and O–H groups in total. The van der Waals surface area contributed by atoms with Crippen LogP contribution in [0.15, 0.2) is 54.7 Å². The summed E-state index contributed by atoms with van der Waals surface area (Å²) in [6, 6.07) is 16.8. The van der Waals surface area contributed by atoms with Gasteiger partial charge in [-0.25, -0.2) is 9.67 Å². The van der Waals surface area contributed by atoms with Crippen LogP contribution < -0.4 is 5.32 Å². The number of fused-ring (bicyclic) bond motifs is 1. The van der Waals surface area contributed by atoms with E-state index in [0.29, 0.717) is 0 Å². The predicted molar refractivity (Wildman–Crippen MR) is 92.4 cm³/mol. The Morgan fingerprint density at radius 3 is 2.75 bits per heavy atom. The molecule has 24 heavy (non-hydrogen) atoms. The maximum Gasteiger partial charge on any atom is 0.147 e. The van der Waals surface area contributed by atoms with Crippen LogP contribution in [0.25, 0.3) is 0 Å². The third-order valence-corrected chi connectivity index (χ3v) is 4.46. The summed E-state index contributed by atoms with van der Waals surface area (Å²) in [6.07, 6.45) is 4.02. The minimum Gasteiger partial charge on any atom is -0.295 e. The van der Waals surface area contributed by atoms with Crippen molar-refractivity contribution in [1.82, 2.24) is 25.1 Å². The van der Waals surface area contributed by atoms with Crippen LogP contribution in [0.5, 0.6) is 0 Å². The zero-order valence-corrected chi connectivity index (χ0v) is 13.8. The molecule has 5 nitrogen and oxygen atoms in total. The third-order valence-electron chi connectivity index (χ3n) is 4.46. The molecule has 0 aliphatic carbocycles. The van der Waals surface area contributed by atoms with Crippen molar-refractivity contribution in [2.75, 3.05) is 0 Å². The van der Waals surface area contributed by atoms with Crippen LogP contribution in [0.1, 0.15) is 47.8 Å². The summed E-state index contributed by atoms with van der Waals surface area (Å²) < 4.78 is 2.04. The molecule has 3 heterocycles. The van der Waals surface area contributed by atoms with Crippen LogP contribution in [-0.4, -0.2) is 19.7 Å². The zero-order valence-electron chi connectivity index (χ0n) is 13.8. The van der Waals surface area contributed by atoms with Crippen molar-refractivity contribution in [1.29, 1.82) is 0 Å². The number of nitrogens with one attached hydrogen (secondary N) is 1. The summed E-state index contributed by atoms with van der Waals surface area (Å²) in [5, 5.41) is 8.28. The zero-order chi connectivity index (χ0) is 16.4. The van der Waals surface area contributed by atoms with Gasteiger partial charge >= 0.3 is 0 Å². The summed E-state index contributed by atoms with van der Waals surface area (Å²) in [7, 11) is 0. The van der Waals surface area contributed by atoms with Crippen molar-refractivity contribution >= 4 is 0 Å². The Labute approximate surface area is 141 Å². The van der Waals surface area contributed by atoms with Crippen molar-refractivity contribution in [2.24, 2.45) is 0 Å². The number of hydrogen-bond donors (Lipinski definition) is 1. The molecule has 3 aromatic rings. The average Bonchev–Trinajstić information content (AvgIpc) is 3.02. The van der Waals surface area contributed by atoms with Crippen molar-refractivity contribution < 1.29 is 0 Å². The summed E-state index contributed by atoms with van der Waals surface area (Å²) in [5.41, 5.74) is 2.24. The highest BCUT2D eigenvalue weighted by Crippen LogP contribution is 2.29. The Morgan fingerprint density at radius 2 is 1.96 bits per heavy atom. The SMILES string of the molecule is Cc1nc2n(n1)CCC[C@@H]2N[C@H](c1ccccc1)c1ccccn1. The fourth-order valence-electron chi connectivity index (χ4n) is 3.37. The van der Waals surface area contributed by atoms with Gasteiger partial charge in [0.25, 0.3) is 0 Å². The standard InChI is InChI=1S/C19H21N5/c1-14-21-19-17(11-7-13-24(19)23-14)22-18(15-8-3-2-4-9-15)16-10-5-6-12-20-16/h2-6,8-10,12,17-18,22H,7,11,13H2,1H3/t17-,18+/m0/s1. The fourth-order valence-corrected chi connectivity index (χ4v) is 3.37. The van der Waals surface area contributed by atoms with Crippen LogP contribution in [0, 0.1) is 6.92 Å². The summed E-state index contributed by atoms with van der Waals surface area (Å²) >= 11 is 0. The summed E-state index contributed by atoms with van der Waals surface area (Å²) in [6.45, 7) is 2.91. The smallest absolute Gasteiger partial charge is 0.147 e. The van der Waals surface area contributed by atoms with E-state index in [4.69, 9.17) is 0 Å². The van der Waals surface area contributed by atoms with E-state index in [9.17, 15) is 0 Å². The molecular weight excluding hydrogens is 298 g/mol. The van der Waals surface area contributed by atoms with E-state index in [0.717, 1.165) is 36.7 Å². The van der Waals surface area contributed by atoms with Gasteiger partial charge in [0.2, 0.25) is 0 Å². The molecule has 0 radical (unpaired) electrons. The van der Waals surface area contributed by atoms with Crippen LogP contribution in [-0.2, 0) is 6.54 Å². The van der Waals surface area contributed by atoms with Gasteiger partial charge in [-0.3, -0.25) is 10.3 Å². The van der Waals surface area contributed by atoms with E-state index in [1.165, 1.54) is 5.56 Å². The normalized spacial score (nSPS) is 18.1. The number of benzene rings is 1. The van der Waals surface area contributed by atoms with Crippen molar-refractivity contribution in [3.8, 4) is 0 Å². The fraction of sp³-hybridized carbons (Fsp3) is 0.316. The minimum atomic E-state index is 0.0426. The lowest BCUT2D eigenvalue weighted by Gasteiger charge is -2.28. The lowest BCUT2D eigenvalue weighted by Crippen LogP contribution is -2.32. The molecule has 122 valence electrons. The number of pyridine rings is 1. The molecular formula is C19H21N5. The first-order valence-electron chi connectivity index (χ1n) is 8.44. The van der Waals surface area contributed by atoms with Gasteiger partial charge in [-0.1, -0.05) is 36.4 Å². The number of nitrogens with zero attached hydrogens (tertiary/aromatic N) is 4. The average molecular weight is 319 g/mol. The molecule has 0 bridgehead atoms.